The van der Waals surface area contributed by atoms with Gasteiger partial charge in [0.15, 0.2) is 5.78 Å². The topological polar surface area (TPSA) is 46.5 Å². The molecule has 2 aromatic carbocycles. The first kappa shape index (κ1) is 17.2. The van der Waals surface area contributed by atoms with E-state index in [0.717, 1.165) is 41.7 Å². The first-order chi connectivity index (χ1) is 11.1. The Morgan fingerprint density at radius 2 is 1.78 bits per heavy atom. The van der Waals surface area contributed by atoms with Crippen LogP contribution < -0.4 is 4.74 Å². The first-order valence-corrected chi connectivity index (χ1v) is 8.02. The van der Waals surface area contributed by atoms with E-state index < -0.39 is 0 Å². The maximum atomic E-state index is 11.5. The van der Waals surface area contributed by atoms with Crippen molar-refractivity contribution in [3.63, 3.8) is 0 Å². The van der Waals surface area contributed by atoms with Crippen molar-refractivity contribution in [2.45, 2.75) is 39.7 Å². The Bertz CT molecular complexity index is 672. The van der Waals surface area contributed by atoms with Gasteiger partial charge in [0, 0.05) is 5.56 Å². The zero-order chi connectivity index (χ0) is 16.8. The molecule has 0 amide bonds. The summed E-state index contributed by atoms with van der Waals surface area (Å²) in [5.41, 5.74) is 4.80. The fraction of sp³-hybridized carbons (Fsp3) is 0.350. The van der Waals surface area contributed by atoms with Crippen LogP contribution in [0.1, 0.15) is 48.2 Å². The molecule has 122 valence electrons. The standard InChI is InChI=1S/C20H24O3/c1-4-5-6-17-11-19(23-3)12-18(13-21)20(17)16-9-7-15(8-10-16)14(2)22/h7-12,21H,4-6,13H2,1-3H3. The van der Waals surface area contributed by atoms with Gasteiger partial charge in [-0.2, -0.15) is 0 Å². The third-order valence-electron chi connectivity index (χ3n) is 4.06. The summed E-state index contributed by atoms with van der Waals surface area (Å²) < 4.78 is 5.36. The Morgan fingerprint density at radius 3 is 2.30 bits per heavy atom. The van der Waals surface area contributed by atoms with Crippen molar-refractivity contribution in [2.24, 2.45) is 0 Å². The highest BCUT2D eigenvalue weighted by Crippen LogP contribution is 2.33. The molecule has 0 atom stereocenters. The summed E-state index contributed by atoms with van der Waals surface area (Å²) in [7, 11) is 1.64. The quantitative estimate of drug-likeness (QED) is 0.771. The summed E-state index contributed by atoms with van der Waals surface area (Å²) in [5.74, 6) is 0.823. The van der Waals surface area contributed by atoms with Crippen molar-refractivity contribution in [1.82, 2.24) is 0 Å². The molecule has 0 saturated carbocycles. The predicted octanol–water partition coefficient (Wildman–Crippen LogP) is 4.40. The van der Waals surface area contributed by atoms with Gasteiger partial charge in [-0.05, 0) is 54.2 Å². The van der Waals surface area contributed by atoms with E-state index in [2.05, 4.69) is 6.92 Å². The van der Waals surface area contributed by atoms with Crippen LogP contribution in [0, 0.1) is 0 Å². The summed E-state index contributed by atoms with van der Waals surface area (Å²) in [6.07, 6.45) is 3.12. The number of aryl methyl sites for hydroxylation is 1. The summed E-state index contributed by atoms with van der Waals surface area (Å²) in [6.45, 7) is 3.68. The average molecular weight is 312 g/mol. The summed E-state index contributed by atoms with van der Waals surface area (Å²) >= 11 is 0. The van der Waals surface area contributed by atoms with Crippen LogP contribution in [0.3, 0.4) is 0 Å². The molecule has 0 saturated heterocycles. The molecule has 0 unspecified atom stereocenters. The highest BCUT2D eigenvalue weighted by atomic mass is 16.5. The minimum atomic E-state index is -0.0415. The molecule has 23 heavy (non-hydrogen) atoms. The predicted molar refractivity (Wildman–Crippen MR) is 93.0 cm³/mol. The Balaban J connectivity index is 2.55. The molecule has 0 bridgehead atoms. The van der Waals surface area contributed by atoms with Crippen molar-refractivity contribution >= 4 is 5.78 Å². The lowest BCUT2D eigenvalue weighted by Crippen LogP contribution is -2.00. The maximum absolute atomic E-state index is 11.5. The summed E-state index contributed by atoms with van der Waals surface area (Å²) in [5, 5.41) is 9.78. The Kier molecular flexibility index (Phi) is 5.94. The van der Waals surface area contributed by atoms with Crippen LogP contribution in [-0.2, 0) is 13.0 Å². The smallest absolute Gasteiger partial charge is 0.159 e. The van der Waals surface area contributed by atoms with Crippen molar-refractivity contribution in [3.8, 4) is 16.9 Å². The van der Waals surface area contributed by atoms with E-state index in [0.29, 0.717) is 5.56 Å². The number of methoxy groups -OCH3 is 1. The molecule has 0 aliphatic carbocycles. The maximum Gasteiger partial charge on any atom is 0.159 e. The van der Waals surface area contributed by atoms with Gasteiger partial charge in [-0.15, -0.1) is 0 Å². The van der Waals surface area contributed by atoms with E-state index in [9.17, 15) is 9.90 Å². The first-order valence-electron chi connectivity index (χ1n) is 8.02. The molecule has 3 heteroatoms. The average Bonchev–Trinajstić information content (AvgIpc) is 2.59. The lowest BCUT2D eigenvalue weighted by Gasteiger charge is -2.16. The van der Waals surface area contributed by atoms with E-state index in [-0.39, 0.29) is 12.4 Å². The zero-order valence-electron chi connectivity index (χ0n) is 14.1. The number of benzene rings is 2. The second-order valence-corrected chi connectivity index (χ2v) is 5.72. The number of aliphatic hydroxyl groups is 1. The van der Waals surface area contributed by atoms with E-state index in [4.69, 9.17) is 4.74 Å². The number of hydrogen-bond acceptors (Lipinski definition) is 3. The van der Waals surface area contributed by atoms with Gasteiger partial charge in [0.25, 0.3) is 0 Å². The Hall–Kier alpha value is -2.13. The SMILES string of the molecule is CCCCc1cc(OC)cc(CO)c1-c1ccc(C(C)=O)cc1. The molecule has 2 rings (SSSR count). The van der Waals surface area contributed by atoms with Gasteiger partial charge in [0.1, 0.15) is 5.75 Å². The fourth-order valence-corrected chi connectivity index (χ4v) is 2.79. The fourth-order valence-electron chi connectivity index (χ4n) is 2.79. The Morgan fingerprint density at radius 1 is 1.13 bits per heavy atom. The summed E-state index contributed by atoms with van der Waals surface area (Å²) in [4.78, 5) is 11.5. The zero-order valence-corrected chi connectivity index (χ0v) is 14.1. The lowest BCUT2D eigenvalue weighted by atomic mass is 9.91. The third-order valence-corrected chi connectivity index (χ3v) is 4.06. The molecule has 0 aliphatic rings. The minimum absolute atomic E-state index is 0.0415. The molecule has 0 aliphatic heterocycles. The molecule has 1 N–H and O–H groups in total. The normalized spacial score (nSPS) is 10.6. The van der Waals surface area contributed by atoms with Crippen LogP contribution in [0.4, 0.5) is 0 Å². The molecule has 2 aromatic rings. The van der Waals surface area contributed by atoms with Gasteiger partial charge in [-0.3, -0.25) is 4.79 Å². The number of carbonyl (C=O) groups excluding carboxylic acids is 1. The number of unbranched alkanes of at least 4 members (excludes halogenated alkanes) is 1. The van der Waals surface area contributed by atoms with Crippen molar-refractivity contribution in [2.75, 3.05) is 7.11 Å². The van der Waals surface area contributed by atoms with Crippen molar-refractivity contribution in [3.05, 3.63) is 53.1 Å². The molecule has 0 heterocycles. The number of rotatable bonds is 7. The van der Waals surface area contributed by atoms with Crippen LogP contribution >= 0.6 is 0 Å². The third kappa shape index (κ3) is 3.99. The van der Waals surface area contributed by atoms with Crippen LogP contribution in [0.25, 0.3) is 11.1 Å². The molecular formula is C20H24O3. The lowest BCUT2D eigenvalue weighted by molar-refractivity contribution is 0.101. The van der Waals surface area contributed by atoms with Crippen LogP contribution in [-0.4, -0.2) is 18.0 Å². The minimum Gasteiger partial charge on any atom is -0.497 e. The van der Waals surface area contributed by atoms with Gasteiger partial charge in [-0.1, -0.05) is 37.6 Å². The van der Waals surface area contributed by atoms with E-state index in [1.165, 1.54) is 5.56 Å². The van der Waals surface area contributed by atoms with E-state index in [1.54, 1.807) is 14.0 Å². The molecule has 0 aromatic heterocycles. The Labute approximate surface area is 137 Å². The number of ketones is 1. The second-order valence-electron chi connectivity index (χ2n) is 5.72. The number of carbonyl (C=O) groups is 1. The van der Waals surface area contributed by atoms with Gasteiger partial charge < -0.3 is 9.84 Å². The highest BCUT2D eigenvalue weighted by Gasteiger charge is 2.13. The van der Waals surface area contributed by atoms with Crippen molar-refractivity contribution < 1.29 is 14.6 Å². The van der Waals surface area contributed by atoms with Crippen molar-refractivity contribution in [1.29, 1.82) is 0 Å². The largest absolute Gasteiger partial charge is 0.497 e. The number of Topliss-reactive ketones (excluding diaryl/α,β-unsaturated/α-hetero) is 1. The summed E-state index contributed by atoms with van der Waals surface area (Å²) in [6, 6.07) is 11.5. The molecule has 0 radical (unpaired) electrons. The van der Waals surface area contributed by atoms with Gasteiger partial charge in [-0.25, -0.2) is 0 Å². The molecular weight excluding hydrogens is 288 g/mol. The van der Waals surface area contributed by atoms with E-state index >= 15 is 0 Å². The number of hydrogen-bond donors (Lipinski definition) is 1. The number of ether oxygens (including phenoxy) is 1. The number of aliphatic hydroxyl groups excluding tert-OH is 1. The highest BCUT2D eigenvalue weighted by molar-refractivity contribution is 5.94. The molecule has 0 spiro atoms. The monoisotopic (exact) mass is 312 g/mol. The van der Waals surface area contributed by atoms with Crippen LogP contribution in [0.2, 0.25) is 0 Å². The van der Waals surface area contributed by atoms with Crippen LogP contribution in [0.5, 0.6) is 5.75 Å². The van der Waals surface area contributed by atoms with Gasteiger partial charge in [0.05, 0.1) is 13.7 Å². The molecule has 3 nitrogen and oxygen atoms in total. The van der Waals surface area contributed by atoms with Gasteiger partial charge in [0.2, 0.25) is 0 Å². The molecule has 0 fully saturated rings. The second kappa shape index (κ2) is 7.93. The van der Waals surface area contributed by atoms with Gasteiger partial charge >= 0.3 is 0 Å². The van der Waals surface area contributed by atoms with E-state index in [1.807, 2.05) is 36.4 Å². The van der Waals surface area contributed by atoms with Crippen LogP contribution in [0.15, 0.2) is 36.4 Å².